The van der Waals surface area contributed by atoms with Crippen LogP contribution < -0.4 is 4.74 Å². The zero-order valence-corrected chi connectivity index (χ0v) is 17.4. The van der Waals surface area contributed by atoms with Crippen molar-refractivity contribution in [3.05, 3.63) is 65.7 Å². The number of ether oxygens (including phenoxy) is 2. The van der Waals surface area contributed by atoms with Gasteiger partial charge in [0.1, 0.15) is 11.9 Å². The summed E-state index contributed by atoms with van der Waals surface area (Å²) < 4.78 is 11.1. The van der Waals surface area contributed by atoms with Gasteiger partial charge in [0.05, 0.1) is 5.57 Å². The van der Waals surface area contributed by atoms with Crippen molar-refractivity contribution in [2.75, 3.05) is 7.05 Å². The highest BCUT2D eigenvalue weighted by Crippen LogP contribution is 2.36. The van der Waals surface area contributed by atoms with E-state index in [0.717, 1.165) is 24.0 Å². The van der Waals surface area contributed by atoms with Crippen LogP contribution in [0, 0.1) is 0 Å². The minimum absolute atomic E-state index is 0.0503. The van der Waals surface area contributed by atoms with Crippen LogP contribution in [0.4, 0.5) is 0 Å². The summed E-state index contributed by atoms with van der Waals surface area (Å²) in [4.78, 5) is 26.8. The molecule has 0 N–H and O–H groups in total. The van der Waals surface area contributed by atoms with E-state index in [1.807, 2.05) is 36.4 Å². The molecule has 2 saturated heterocycles. The molecule has 5 heteroatoms. The molecule has 2 bridgehead atoms. The van der Waals surface area contributed by atoms with Crippen LogP contribution in [0.3, 0.4) is 0 Å². The van der Waals surface area contributed by atoms with Gasteiger partial charge in [-0.2, -0.15) is 0 Å². The Hall–Kier alpha value is -2.92. The molecule has 2 aromatic carbocycles. The second kappa shape index (κ2) is 8.84. The van der Waals surface area contributed by atoms with Gasteiger partial charge in [-0.05, 0) is 49.2 Å². The lowest BCUT2D eigenvalue weighted by atomic mass is 9.99. The van der Waals surface area contributed by atoms with Crippen LogP contribution in [0.1, 0.15) is 43.7 Å². The van der Waals surface area contributed by atoms with Crippen LogP contribution in [0.2, 0.25) is 0 Å². The van der Waals surface area contributed by atoms with E-state index < -0.39 is 0 Å². The van der Waals surface area contributed by atoms with Crippen molar-refractivity contribution in [3.63, 3.8) is 0 Å². The number of esters is 2. The SMILES string of the molecule is CC(=O)Oc1ccc(/C(=C\c2ccccc2)C(=O)OC2C[C@H]3CC[C@@H](C2)N3C)cc1. The van der Waals surface area contributed by atoms with Crippen molar-refractivity contribution in [2.24, 2.45) is 0 Å². The molecule has 2 aromatic rings. The maximum atomic E-state index is 13.2. The van der Waals surface area contributed by atoms with Gasteiger partial charge in [-0.3, -0.25) is 4.79 Å². The first-order valence-corrected chi connectivity index (χ1v) is 10.5. The third-order valence-electron chi connectivity index (χ3n) is 6.09. The second-order valence-corrected chi connectivity index (χ2v) is 8.14. The van der Waals surface area contributed by atoms with Crippen LogP contribution in [0.5, 0.6) is 5.75 Å². The average Bonchev–Trinajstić information content (AvgIpc) is 2.94. The molecule has 5 nitrogen and oxygen atoms in total. The minimum Gasteiger partial charge on any atom is -0.459 e. The fourth-order valence-electron chi connectivity index (χ4n) is 4.52. The van der Waals surface area contributed by atoms with Crippen LogP contribution in [-0.2, 0) is 14.3 Å². The summed E-state index contributed by atoms with van der Waals surface area (Å²) in [7, 11) is 2.17. The number of carbonyl (C=O) groups excluding carboxylic acids is 2. The molecule has 0 radical (unpaired) electrons. The third-order valence-corrected chi connectivity index (χ3v) is 6.09. The Bertz CT molecular complexity index is 921. The van der Waals surface area contributed by atoms with E-state index in [9.17, 15) is 9.59 Å². The van der Waals surface area contributed by atoms with Gasteiger partial charge < -0.3 is 14.4 Å². The van der Waals surface area contributed by atoms with E-state index in [1.165, 1.54) is 19.8 Å². The second-order valence-electron chi connectivity index (χ2n) is 8.14. The van der Waals surface area contributed by atoms with Crippen molar-refractivity contribution < 1.29 is 19.1 Å². The largest absolute Gasteiger partial charge is 0.459 e. The molecule has 0 amide bonds. The lowest BCUT2D eigenvalue weighted by Gasteiger charge is -2.35. The molecule has 0 aliphatic carbocycles. The first-order valence-electron chi connectivity index (χ1n) is 10.5. The molecular weight excluding hydrogens is 378 g/mol. The Balaban J connectivity index is 1.57. The smallest absolute Gasteiger partial charge is 0.339 e. The van der Waals surface area contributed by atoms with Gasteiger partial charge in [0.2, 0.25) is 0 Å². The maximum Gasteiger partial charge on any atom is 0.339 e. The topological polar surface area (TPSA) is 55.8 Å². The molecule has 2 heterocycles. The number of rotatable bonds is 5. The quantitative estimate of drug-likeness (QED) is 0.321. The Morgan fingerprint density at radius 3 is 2.20 bits per heavy atom. The number of nitrogens with zero attached hydrogens (tertiary/aromatic N) is 1. The van der Waals surface area contributed by atoms with Gasteiger partial charge >= 0.3 is 11.9 Å². The number of carbonyl (C=O) groups is 2. The van der Waals surface area contributed by atoms with Crippen molar-refractivity contribution in [3.8, 4) is 5.75 Å². The fourth-order valence-corrected chi connectivity index (χ4v) is 4.52. The Morgan fingerprint density at radius 1 is 0.967 bits per heavy atom. The summed E-state index contributed by atoms with van der Waals surface area (Å²) in [5.74, 6) is -0.238. The Morgan fingerprint density at radius 2 is 1.60 bits per heavy atom. The first-order chi connectivity index (χ1) is 14.5. The molecule has 156 valence electrons. The van der Waals surface area contributed by atoms with Gasteiger partial charge in [0.25, 0.3) is 0 Å². The molecule has 1 unspecified atom stereocenters. The number of fused-ring (bicyclic) bond motifs is 2. The first kappa shape index (κ1) is 20.4. The third kappa shape index (κ3) is 4.62. The summed E-state index contributed by atoms with van der Waals surface area (Å²) in [6.45, 7) is 1.36. The number of benzene rings is 2. The van der Waals surface area contributed by atoms with Crippen LogP contribution in [-0.4, -0.2) is 42.1 Å². The summed E-state index contributed by atoms with van der Waals surface area (Å²) in [5, 5.41) is 0. The summed E-state index contributed by atoms with van der Waals surface area (Å²) >= 11 is 0. The summed E-state index contributed by atoms with van der Waals surface area (Å²) in [6, 6.07) is 17.7. The molecule has 0 aromatic heterocycles. The molecule has 2 aliphatic heterocycles. The number of piperidine rings is 1. The van der Waals surface area contributed by atoms with Gasteiger partial charge in [-0.25, -0.2) is 4.79 Å². The molecule has 2 aliphatic rings. The average molecular weight is 405 g/mol. The zero-order chi connectivity index (χ0) is 21.1. The van der Waals surface area contributed by atoms with Crippen LogP contribution in [0.25, 0.3) is 11.6 Å². The molecular formula is C25H27NO4. The highest BCUT2D eigenvalue weighted by Gasteiger charge is 2.40. The van der Waals surface area contributed by atoms with E-state index in [-0.39, 0.29) is 18.0 Å². The normalized spacial score (nSPS) is 23.8. The molecule has 3 atom stereocenters. The molecule has 0 spiro atoms. The number of hydrogen-bond acceptors (Lipinski definition) is 5. The van der Waals surface area contributed by atoms with E-state index >= 15 is 0 Å². The highest BCUT2D eigenvalue weighted by atomic mass is 16.5. The number of hydrogen-bond donors (Lipinski definition) is 0. The Kier molecular flexibility index (Phi) is 6.00. The predicted octanol–water partition coefficient (Wildman–Crippen LogP) is 4.32. The standard InChI is InChI=1S/C25H27NO4/c1-17(27)29-22-12-8-19(9-13-22)24(14-18-6-4-3-5-7-18)25(28)30-23-15-20-10-11-21(16-23)26(20)2/h3-9,12-14,20-21,23H,10-11,15-16H2,1-2H3/b24-14+/t20-,21+,23?. The summed E-state index contributed by atoms with van der Waals surface area (Å²) in [6.07, 6.45) is 5.95. The predicted molar refractivity (Wildman–Crippen MR) is 116 cm³/mol. The fraction of sp³-hybridized carbons (Fsp3) is 0.360. The zero-order valence-electron chi connectivity index (χ0n) is 17.4. The van der Waals surface area contributed by atoms with E-state index in [0.29, 0.717) is 23.4 Å². The lowest BCUT2D eigenvalue weighted by molar-refractivity contribution is -0.145. The van der Waals surface area contributed by atoms with Crippen molar-refractivity contribution in [1.29, 1.82) is 0 Å². The maximum absolute atomic E-state index is 13.2. The van der Waals surface area contributed by atoms with E-state index in [1.54, 1.807) is 24.3 Å². The van der Waals surface area contributed by atoms with Crippen molar-refractivity contribution >= 4 is 23.6 Å². The van der Waals surface area contributed by atoms with Crippen LogP contribution in [0.15, 0.2) is 54.6 Å². The highest BCUT2D eigenvalue weighted by molar-refractivity contribution is 6.21. The Labute approximate surface area is 177 Å². The van der Waals surface area contributed by atoms with Gasteiger partial charge in [0.15, 0.2) is 0 Å². The summed E-state index contributed by atoms with van der Waals surface area (Å²) in [5.41, 5.74) is 2.16. The van der Waals surface area contributed by atoms with Crippen molar-refractivity contribution in [1.82, 2.24) is 4.90 Å². The molecule has 0 saturated carbocycles. The minimum atomic E-state index is -0.376. The van der Waals surface area contributed by atoms with E-state index in [4.69, 9.17) is 9.47 Å². The molecule has 30 heavy (non-hydrogen) atoms. The van der Waals surface area contributed by atoms with Gasteiger partial charge in [0, 0.05) is 31.8 Å². The molecule has 4 rings (SSSR count). The van der Waals surface area contributed by atoms with E-state index in [2.05, 4.69) is 11.9 Å². The van der Waals surface area contributed by atoms with Crippen molar-refractivity contribution in [2.45, 2.75) is 50.8 Å². The molecule has 2 fully saturated rings. The van der Waals surface area contributed by atoms with Gasteiger partial charge in [-0.15, -0.1) is 0 Å². The van der Waals surface area contributed by atoms with Crippen LogP contribution >= 0.6 is 0 Å². The van der Waals surface area contributed by atoms with Gasteiger partial charge in [-0.1, -0.05) is 42.5 Å². The lowest BCUT2D eigenvalue weighted by Crippen LogP contribution is -2.43. The monoisotopic (exact) mass is 405 g/mol.